The number of hydrogen-bond acceptors (Lipinski definition) is 6. The summed E-state index contributed by atoms with van der Waals surface area (Å²) in [5, 5.41) is 19.1. The van der Waals surface area contributed by atoms with Crippen molar-refractivity contribution in [3.8, 4) is 0 Å². The molecule has 0 bridgehead atoms. The molecular formula is C11H17N7OS. The van der Waals surface area contributed by atoms with E-state index >= 15 is 0 Å². The van der Waals surface area contributed by atoms with E-state index in [9.17, 15) is 4.79 Å². The van der Waals surface area contributed by atoms with Gasteiger partial charge in [0, 0.05) is 6.54 Å². The summed E-state index contributed by atoms with van der Waals surface area (Å²) in [7, 11) is 0. The van der Waals surface area contributed by atoms with Gasteiger partial charge in [0.05, 0.1) is 11.8 Å². The van der Waals surface area contributed by atoms with Crippen molar-refractivity contribution >= 4 is 11.8 Å². The molecule has 0 spiro atoms. The fourth-order valence-electron chi connectivity index (χ4n) is 1.97. The van der Waals surface area contributed by atoms with Gasteiger partial charge in [-0.05, 0) is 29.7 Å². The maximum Gasteiger partial charge on any atom is 0.343 e. The molecule has 1 fully saturated rings. The van der Waals surface area contributed by atoms with Crippen LogP contribution in [0.4, 0.5) is 0 Å². The first-order chi connectivity index (χ1) is 9.79. The van der Waals surface area contributed by atoms with E-state index in [0.717, 1.165) is 31.5 Å². The number of thioether (sulfide) groups is 1. The highest BCUT2D eigenvalue weighted by atomic mass is 32.2. The molecule has 2 aromatic heterocycles. The lowest BCUT2D eigenvalue weighted by Gasteiger charge is -2.04. The molecule has 9 heteroatoms. The first kappa shape index (κ1) is 13.3. The van der Waals surface area contributed by atoms with Crippen molar-refractivity contribution < 1.29 is 0 Å². The van der Waals surface area contributed by atoms with E-state index in [2.05, 4.69) is 32.6 Å². The van der Waals surface area contributed by atoms with Crippen molar-refractivity contribution in [1.29, 1.82) is 0 Å². The highest BCUT2D eigenvalue weighted by Gasteiger charge is 2.27. The Kier molecular flexibility index (Phi) is 3.86. The summed E-state index contributed by atoms with van der Waals surface area (Å²) in [6.07, 6.45) is 4.30. The van der Waals surface area contributed by atoms with E-state index in [0.29, 0.717) is 23.5 Å². The Labute approximate surface area is 119 Å². The molecule has 0 unspecified atom stereocenters. The smallest absolute Gasteiger partial charge is 0.270 e. The van der Waals surface area contributed by atoms with Gasteiger partial charge in [0.25, 0.3) is 0 Å². The minimum atomic E-state index is -0.150. The van der Waals surface area contributed by atoms with E-state index in [1.165, 1.54) is 11.8 Å². The second-order valence-electron chi connectivity index (χ2n) is 4.88. The van der Waals surface area contributed by atoms with Crippen LogP contribution >= 0.6 is 11.8 Å². The van der Waals surface area contributed by atoms with Crippen LogP contribution in [-0.4, -0.2) is 35.0 Å². The molecule has 0 radical (unpaired) electrons. The molecule has 1 N–H and O–H groups in total. The second kappa shape index (κ2) is 5.78. The second-order valence-corrected chi connectivity index (χ2v) is 5.82. The summed E-state index contributed by atoms with van der Waals surface area (Å²) in [5.41, 5.74) is -0.150. The molecule has 0 aromatic carbocycles. The fraction of sp³-hybridized carbons (Fsp3) is 0.727. The van der Waals surface area contributed by atoms with Crippen LogP contribution in [-0.2, 0) is 12.3 Å². The summed E-state index contributed by atoms with van der Waals surface area (Å²) in [6, 6.07) is 0.460. The third-order valence-corrected chi connectivity index (χ3v) is 4.22. The fourth-order valence-corrected chi connectivity index (χ4v) is 2.85. The molecule has 3 rings (SSSR count). The Morgan fingerprint density at radius 3 is 3.05 bits per heavy atom. The maximum atomic E-state index is 11.7. The zero-order chi connectivity index (χ0) is 13.9. The number of H-pyrrole nitrogens is 1. The van der Waals surface area contributed by atoms with Gasteiger partial charge in [-0.1, -0.05) is 25.1 Å². The first-order valence-electron chi connectivity index (χ1n) is 6.84. The molecule has 20 heavy (non-hydrogen) atoms. The van der Waals surface area contributed by atoms with Crippen molar-refractivity contribution in [1.82, 2.24) is 35.0 Å². The molecule has 0 atom stereocenters. The van der Waals surface area contributed by atoms with E-state index in [1.807, 2.05) is 4.68 Å². The Balaban J connectivity index is 1.68. The van der Waals surface area contributed by atoms with Crippen molar-refractivity contribution in [3.05, 3.63) is 16.3 Å². The minimum Gasteiger partial charge on any atom is -0.270 e. The molecule has 2 heterocycles. The van der Waals surface area contributed by atoms with Crippen LogP contribution in [0.15, 0.2) is 9.95 Å². The Morgan fingerprint density at radius 1 is 1.45 bits per heavy atom. The van der Waals surface area contributed by atoms with Crippen molar-refractivity contribution in [2.75, 3.05) is 0 Å². The van der Waals surface area contributed by atoms with E-state index in [4.69, 9.17) is 0 Å². The number of hydrogen-bond donors (Lipinski definition) is 1. The van der Waals surface area contributed by atoms with Gasteiger partial charge in [-0.15, -0.1) is 10.2 Å². The van der Waals surface area contributed by atoms with E-state index in [-0.39, 0.29) is 5.69 Å². The van der Waals surface area contributed by atoms with E-state index < -0.39 is 0 Å². The van der Waals surface area contributed by atoms with Crippen molar-refractivity contribution in [3.63, 3.8) is 0 Å². The highest BCUT2D eigenvalue weighted by molar-refractivity contribution is 7.98. The average Bonchev–Trinajstić information content (AvgIpc) is 3.09. The van der Waals surface area contributed by atoms with Crippen LogP contribution in [0.1, 0.15) is 44.5 Å². The topological polar surface area (TPSA) is 94.3 Å². The number of tetrazole rings is 1. The molecule has 108 valence electrons. The molecule has 1 saturated carbocycles. The van der Waals surface area contributed by atoms with Crippen molar-refractivity contribution in [2.24, 2.45) is 0 Å². The molecule has 8 nitrogen and oxygen atoms in total. The highest BCUT2D eigenvalue weighted by Crippen LogP contribution is 2.35. The molecule has 0 saturated heterocycles. The number of nitrogens with zero attached hydrogens (tertiary/aromatic N) is 6. The summed E-state index contributed by atoms with van der Waals surface area (Å²) in [5.74, 6) is 1.47. The Hall–Kier alpha value is -1.64. The molecule has 2 aromatic rings. The van der Waals surface area contributed by atoms with Gasteiger partial charge >= 0.3 is 5.69 Å². The summed E-state index contributed by atoms with van der Waals surface area (Å²) in [6.45, 7) is 2.80. The van der Waals surface area contributed by atoms with Gasteiger partial charge < -0.3 is 0 Å². The lowest BCUT2D eigenvalue weighted by Crippen LogP contribution is -2.17. The van der Waals surface area contributed by atoms with Gasteiger partial charge in [0.1, 0.15) is 0 Å². The number of rotatable bonds is 7. The molecular weight excluding hydrogens is 278 g/mol. The van der Waals surface area contributed by atoms with E-state index in [1.54, 1.807) is 4.57 Å². The van der Waals surface area contributed by atoms with Crippen LogP contribution in [0.3, 0.4) is 0 Å². The van der Waals surface area contributed by atoms with Gasteiger partial charge in [-0.2, -0.15) is 0 Å². The predicted molar refractivity (Wildman–Crippen MR) is 73.4 cm³/mol. The number of aromatic nitrogens is 7. The quantitative estimate of drug-likeness (QED) is 0.765. The van der Waals surface area contributed by atoms with Crippen LogP contribution < -0.4 is 5.69 Å². The lowest BCUT2D eigenvalue weighted by molar-refractivity contribution is 0.571. The maximum absolute atomic E-state index is 11.7. The third-order valence-electron chi connectivity index (χ3n) is 3.24. The Morgan fingerprint density at radius 2 is 2.30 bits per heavy atom. The molecule has 1 aliphatic carbocycles. The Bertz CT molecular complexity index is 627. The molecule has 1 aliphatic rings. The van der Waals surface area contributed by atoms with Gasteiger partial charge in [-0.25, -0.2) is 14.6 Å². The normalized spacial score (nSPS) is 14.8. The van der Waals surface area contributed by atoms with Crippen LogP contribution in [0.2, 0.25) is 0 Å². The standard InChI is InChI=1S/C11H17N7OS/c1-2-3-6-17-10(19)13-14-11(17)20-7-9-12-15-16-18(9)8-4-5-8/h8H,2-7H2,1H3,(H,13,19). The zero-order valence-electron chi connectivity index (χ0n) is 11.3. The van der Waals surface area contributed by atoms with Crippen molar-refractivity contribution in [2.45, 2.75) is 56.1 Å². The number of unbranched alkanes of at least 4 members (excludes halogenated alkanes) is 1. The summed E-state index contributed by atoms with van der Waals surface area (Å²) >= 11 is 1.49. The monoisotopic (exact) mass is 295 g/mol. The third kappa shape index (κ3) is 2.77. The lowest BCUT2D eigenvalue weighted by atomic mass is 10.3. The van der Waals surface area contributed by atoms with Gasteiger partial charge in [0.2, 0.25) is 0 Å². The SMILES string of the molecule is CCCCn1c(SCc2nnnn2C2CC2)n[nH]c1=O. The van der Waals surface area contributed by atoms with Crippen LogP contribution in [0.5, 0.6) is 0 Å². The number of nitrogens with one attached hydrogen (secondary N) is 1. The molecule has 0 aliphatic heterocycles. The minimum absolute atomic E-state index is 0.150. The van der Waals surface area contributed by atoms with Gasteiger partial charge in [-0.3, -0.25) is 4.57 Å². The summed E-state index contributed by atoms with van der Waals surface area (Å²) < 4.78 is 3.56. The zero-order valence-corrected chi connectivity index (χ0v) is 12.1. The average molecular weight is 295 g/mol. The summed E-state index contributed by atoms with van der Waals surface area (Å²) in [4.78, 5) is 11.7. The first-order valence-corrected chi connectivity index (χ1v) is 7.83. The van der Waals surface area contributed by atoms with Gasteiger partial charge in [0.15, 0.2) is 11.0 Å². The largest absolute Gasteiger partial charge is 0.343 e. The van der Waals surface area contributed by atoms with Crippen LogP contribution in [0, 0.1) is 0 Å². The molecule has 0 amide bonds. The predicted octanol–water partition coefficient (Wildman–Crippen LogP) is 0.985. The van der Waals surface area contributed by atoms with Crippen LogP contribution in [0.25, 0.3) is 0 Å². The number of aromatic amines is 1.